The Morgan fingerprint density at radius 1 is 1.29 bits per heavy atom. The largest absolute Gasteiger partial charge is 0.465 e. The molecule has 9 nitrogen and oxygen atoms in total. The average Bonchev–Trinajstić information content (AvgIpc) is 2.63. The highest BCUT2D eigenvalue weighted by Gasteiger charge is 2.27. The minimum absolute atomic E-state index is 0.0379. The Labute approximate surface area is 165 Å². The van der Waals surface area contributed by atoms with Crippen LogP contribution in [0.25, 0.3) is 0 Å². The fraction of sp³-hybridized carbons (Fsp3) is 0.278. The van der Waals surface area contributed by atoms with Crippen molar-refractivity contribution in [2.45, 2.75) is 31.2 Å². The molecule has 1 amide bonds. The predicted molar refractivity (Wildman–Crippen MR) is 105 cm³/mol. The fourth-order valence-electron chi connectivity index (χ4n) is 2.16. The van der Waals surface area contributed by atoms with E-state index in [9.17, 15) is 19.2 Å². The number of carbonyl (C=O) groups is 3. The summed E-state index contributed by atoms with van der Waals surface area (Å²) in [5.41, 5.74) is 6.21. The number of carbonyl (C=O) groups excluding carboxylic acids is 3. The first-order valence-electron chi connectivity index (χ1n) is 8.34. The van der Waals surface area contributed by atoms with E-state index in [2.05, 4.69) is 15.3 Å². The van der Waals surface area contributed by atoms with E-state index in [-0.39, 0.29) is 23.3 Å². The zero-order valence-electron chi connectivity index (χ0n) is 15.6. The first-order chi connectivity index (χ1) is 13.2. The van der Waals surface area contributed by atoms with Gasteiger partial charge in [0.2, 0.25) is 0 Å². The summed E-state index contributed by atoms with van der Waals surface area (Å²) in [7, 11) is 0. The lowest BCUT2D eigenvalue weighted by Gasteiger charge is -2.13. The zero-order chi connectivity index (χ0) is 20.8. The number of hydrogen-bond donors (Lipinski definition) is 3. The van der Waals surface area contributed by atoms with Gasteiger partial charge in [0.25, 0.3) is 11.5 Å². The summed E-state index contributed by atoms with van der Waals surface area (Å²) in [5, 5.41) is 1.20. The number of ketones is 1. The van der Waals surface area contributed by atoms with E-state index >= 15 is 0 Å². The number of benzene rings is 1. The SMILES string of the molecule is CCOC(=O)[C@@H](Sc1nc(N)c(NC(=O)c2ccc(C)cc2)c(=O)[nH]1)C(C)=O. The minimum atomic E-state index is -1.18. The fourth-order valence-corrected chi connectivity index (χ4v) is 3.02. The van der Waals surface area contributed by atoms with Gasteiger partial charge in [-0.3, -0.25) is 24.2 Å². The third kappa shape index (κ3) is 5.19. The lowest BCUT2D eigenvalue weighted by molar-refractivity contribution is -0.144. The van der Waals surface area contributed by atoms with E-state index in [1.165, 1.54) is 6.92 Å². The second-order valence-corrected chi connectivity index (χ2v) is 6.91. The van der Waals surface area contributed by atoms with Crippen LogP contribution in [0.4, 0.5) is 11.5 Å². The standard InChI is InChI=1S/C18H20N4O5S/c1-4-27-17(26)13(10(3)23)28-18-21-14(19)12(16(25)22-18)20-15(24)11-7-5-9(2)6-8-11/h5-8,13H,4H2,1-3H3,(H,20,24)(H3,19,21,22,25)/t13-/m0/s1. The number of nitrogen functional groups attached to an aromatic ring is 1. The van der Waals surface area contributed by atoms with Crippen molar-refractivity contribution in [1.82, 2.24) is 9.97 Å². The van der Waals surface area contributed by atoms with E-state index < -0.39 is 28.5 Å². The van der Waals surface area contributed by atoms with Crippen molar-refractivity contribution in [2.24, 2.45) is 0 Å². The minimum Gasteiger partial charge on any atom is -0.465 e. The van der Waals surface area contributed by atoms with Crippen molar-refractivity contribution in [3.05, 3.63) is 45.7 Å². The van der Waals surface area contributed by atoms with Gasteiger partial charge >= 0.3 is 5.97 Å². The van der Waals surface area contributed by atoms with Gasteiger partial charge in [0, 0.05) is 5.56 Å². The molecule has 0 bridgehead atoms. The Hall–Kier alpha value is -3.14. The molecule has 1 aromatic carbocycles. The number of ether oxygens (including phenoxy) is 1. The molecule has 1 heterocycles. The number of hydrogen-bond acceptors (Lipinski definition) is 8. The van der Waals surface area contributed by atoms with Crippen molar-refractivity contribution in [3.8, 4) is 0 Å². The Bertz CT molecular complexity index is 955. The topological polar surface area (TPSA) is 144 Å². The lowest BCUT2D eigenvalue weighted by atomic mass is 10.1. The van der Waals surface area contributed by atoms with E-state index in [0.29, 0.717) is 17.3 Å². The number of Topliss-reactive ketones (excluding diaryl/α,β-unsaturated/α-hetero) is 1. The molecular weight excluding hydrogens is 384 g/mol. The first kappa shape index (κ1) is 21.2. The number of anilines is 2. The number of amides is 1. The highest BCUT2D eigenvalue weighted by Crippen LogP contribution is 2.23. The molecule has 10 heteroatoms. The number of aromatic amines is 1. The molecule has 0 radical (unpaired) electrons. The molecule has 0 unspecified atom stereocenters. The summed E-state index contributed by atoms with van der Waals surface area (Å²) in [6, 6.07) is 6.75. The maximum atomic E-state index is 12.3. The second kappa shape index (κ2) is 9.18. The number of nitrogens with two attached hydrogens (primary N) is 1. The number of aryl methyl sites for hydroxylation is 1. The van der Waals surface area contributed by atoms with Crippen LogP contribution in [0.5, 0.6) is 0 Å². The zero-order valence-corrected chi connectivity index (χ0v) is 16.4. The van der Waals surface area contributed by atoms with Crippen molar-refractivity contribution in [1.29, 1.82) is 0 Å². The van der Waals surface area contributed by atoms with Crippen molar-refractivity contribution in [2.75, 3.05) is 17.7 Å². The van der Waals surface area contributed by atoms with Gasteiger partial charge in [-0.2, -0.15) is 0 Å². The Kier molecular flexibility index (Phi) is 6.94. The molecule has 0 saturated heterocycles. The number of esters is 1. The van der Waals surface area contributed by atoms with Crippen LogP contribution in [0.1, 0.15) is 29.8 Å². The summed E-state index contributed by atoms with van der Waals surface area (Å²) in [6.45, 7) is 4.84. The molecule has 1 aromatic heterocycles. The molecule has 0 aliphatic rings. The molecule has 4 N–H and O–H groups in total. The first-order valence-corrected chi connectivity index (χ1v) is 9.22. The third-order valence-corrected chi connectivity index (χ3v) is 4.75. The number of nitrogens with one attached hydrogen (secondary N) is 2. The van der Waals surface area contributed by atoms with Crippen LogP contribution in [-0.4, -0.2) is 39.5 Å². The Morgan fingerprint density at radius 3 is 2.46 bits per heavy atom. The molecule has 0 aliphatic heterocycles. The summed E-state index contributed by atoms with van der Waals surface area (Å²) in [4.78, 5) is 54.6. The maximum absolute atomic E-state index is 12.3. The molecule has 0 aliphatic carbocycles. The third-order valence-electron chi connectivity index (χ3n) is 3.58. The number of nitrogens with zero attached hydrogens (tertiary/aromatic N) is 1. The number of rotatable bonds is 7. The van der Waals surface area contributed by atoms with Gasteiger partial charge in [-0.1, -0.05) is 29.5 Å². The molecule has 0 spiro atoms. The Balaban J connectivity index is 2.23. The normalized spacial score (nSPS) is 11.5. The smallest absolute Gasteiger partial charge is 0.327 e. The van der Waals surface area contributed by atoms with Gasteiger partial charge in [-0.05, 0) is 32.9 Å². The second-order valence-electron chi connectivity index (χ2n) is 5.81. The average molecular weight is 404 g/mol. The summed E-state index contributed by atoms with van der Waals surface area (Å²) in [5.74, 6) is -1.95. The number of H-pyrrole nitrogens is 1. The van der Waals surface area contributed by atoms with Gasteiger partial charge in [0.1, 0.15) is 5.69 Å². The molecule has 1 atom stereocenters. The summed E-state index contributed by atoms with van der Waals surface area (Å²) < 4.78 is 4.84. The summed E-state index contributed by atoms with van der Waals surface area (Å²) >= 11 is 0.715. The van der Waals surface area contributed by atoms with E-state index in [4.69, 9.17) is 10.5 Å². The summed E-state index contributed by atoms with van der Waals surface area (Å²) in [6.07, 6.45) is 0. The van der Waals surface area contributed by atoms with Crippen LogP contribution in [0.3, 0.4) is 0 Å². The van der Waals surface area contributed by atoms with Gasteiger partial charge in [0.15, 0.2) is 22.0 Å². The van der Waals surface area contributed by atoms with Crippen LogP contribution in [0, 0.1) is 6.92 Å². The van der Waals surface area contributed by atoms with E-state index in [1.807, 2.05) is 6.92 Å². The quantitative estimate of drug-likeness (QED) is 0.273. The van der Waals surface area contributed by atoms with Crippen LogP contribution in [0.2, 0.25) is 0 Å². The lowest BCUT2D eigenvalue weighted by Crippen LogP contribution is -2.28. The van der Waals surface area contributed by atoms with Crippen LogP contribution < -0.4 is 16.6 Å². The van der Waals surface area contributed by atoms with E-state index in [0.717, 1.165) is 5.56 Å². The molecule has 28 heavy (non-hydrogen) atoms. The van der Waals surface area contributed by atoms with Crippen molar-refractivity contribution in [3.63, 3.8) is 0 Å². The van der Waals surface area contributed by atoms with Crippen LogP contribution in [0.15, 0.2) is 34.2 Å². The molecule has 148 valence electrons. The van der Waals surface area contributed by atoms with Gasteiger partial charge in [0.05, 0.1) is 6.61 Å². The van der Waals surface area contributed by atoms with Crippen molar-refractivity contribution >= 4 is 40.9 Å². The number of aromatic nitrogens is 2. The highest BCUT2D eigenvalue weighted by atomic mass is 32.2. The van der Waals surface area contributed by atoms with Gasteiger partial charge in [-0.15, -0.1) is 0 Å². The maximum Gasteiger partial charge on any atom is 0.327 e. The van der Waals surface area contributed by atoms with E-state index in [1.54, 1.807) is 31.2 Å². The molecule has 2 rings (SSSR count). The Morgan fingerprint density at radius 2 is 1.93 bits per heavy atom. The highest BCUT2D eigenvalue weighted by molar-refractivity contribution is 8.01. The van der Waals surface area contributed by atoms with Crippen LogP contribution >= 0.6 is 11.8 Å². The van der Waals surface area contributed by atoms with Gasteiger partial charge < -0.3 is 15.8 Å². The van der Waals surface area contributed by atoms with Crippen LogP contribution in [-0.2, 0) is 14.3 Å². The molecular formula is C18H20N4O5S. The van der Waals surface area contributed by atoms with Gasteiger partial charge in [-0.25, -0.2) is 4.98 Å². The monoisotopic (exact) mass is 404 g/mol. The predicted octanol–water partition coefficient (Wildman–Crippen LogP) is 1.53. The molecule has 0 saturated carbocycles. The number of thioether (sulfide) groups is 1. The molecule has 2 aromatic rings. The van der Waals surface area contributed by atoms with Crippen molar-refractivity contribution < 1.29 is 19.1 Å². The molecule has 0 fully saturated rings.